The number of nitrogens with zero attached hydrogens (tertiary/aromatic N) is 1. The highest BCUT2D eigenvalue weighted by atomic mass is 32.2. The lowest BCUT2D eigenvalue weighted by Crippen LogP contribution is -2.22. The van der Waals surface area contributed by atoms with Gasteiger partial charge in [-0.05, 0) is 19.1 Å². The number of H-pyrrole nitrogens is 1. The van der Waals surface area contributed by atoms with Crippen LogP contribution in [0.25, 0.3) is 0 Å². The Kier molecular flexibility index (Phi) is 2.77. The minimum absolute atomic E-state index is 0.113. The summed E-state index contributed by atoms with van der Waals surface area (Å²) in [6, 6.07) is 0. The van der Waals surface area contributed by atoms with Crippen LogP contribution in [0.15, 0.2) is 6.20 Å². The molecule has 1 atom stereocenters. The van der Waals surface area contributed by atoms with E-state index in [-0.39, 0.29) is 11.8 Å². The SMILES string of the molecule is Cc1cn[nH]c1NC(=O)C1CCSC1. The first-order valence-electron chi connectivity index (χ1n) is 4.66. The first-order chi connectivity index (χ1) is 6.77. The lowest BCUT2D eigenvalue weighted by atomic mass is 10.1. The summed E-state index contributed by atoms with van der Waals surface area (Å²) in [7, 11) is 0. The maximum Gasteiger partial charge on any atom is 0.229 e. The van der Waals surface area contributed by atoms with Crippen molar-refractivity contribution < 1.29 is 4.79 Å². The fourth-order valence-electron chi connectivity index (χ4n) is 1.44. The van der Waals surface area contributed by atoms with Crippen LogP contribution in [0, 0.1) is 12.8 Å². The third-order valence-corrected chi connectivity index (χ3v) is 3.54. The number of nitrogens with one attached hydrogen (secondary N) is 2. The molecular formula is C9H13N3OS. The minimum Gasteiger partial charge on any atom is -0.311 e. The normalized spacial score (nSPS) is 21.1. The Morgan fingerprint density at radius 3 is 3.21 bits per heavy atom. The number of aromatic nitrogens is 2. The molecular weight excluding hydrogens is 198 g/mol. The van der Waals surface area contributed by atoms with Gasteiger partial charge in [0.05, 0.1) is 6.20 Å². The average Bonchev–Trinajstić information content (AvgIpc) is 2.77. The number of aromatic amines is 1. The van der Waals surface area contributed by atoms with Gasteiger partial charge in [-0.1, -0.05) is 0 Å². The molecule has 0 aromatic carbocycles. The van der Waals surface area contributed by atoms with E-state index >= 15 is 0 Å². The monoisotopic (exact) mass is 211 g/mol. The Morgan fingerprint density at radius 1 is 1.79 bits per heavy atom. The van der Waals surface area contributed by atoms with E-state index in [0.717, 1.165) is 29.3 Å². The summed E-state index contributed by atoms with van der Waals surface area (Å²) in [5.74, 6) is 3.05. The number of hydrogen-bond donors (Lipinski definition) is 2. The van der Waals surface area contributed by atoms with Gasteiger partial charge in [0.15, 0.2) is 0 Å². The van der Waals surface area contributed by atoms with Crippen LogP contribution in [-0.4, -0.2) is 27.6 Å². The van der Waals surface area contributed by atoms with Gasteiger partial charge in [0.25, 0.3) is 0 Å². The third-order valence-electron chi connectivity index (χ3n) is 2.38. The van der Waals surface area contributed by atoms with Gasteiger partial charge in [-0.15, -0.1) is 0 Å². The van der Waals surface area contributed by atoms with Crippen LogP contribution >= 0.6 is 11.8 Å². The van der Waals surface area contributed by atoms with Crippen molar-refractivity contribution >= 4 is 23.5 Å². The van der Waals surface area contributed by atoms with E-state index in [1.54, 1.807) is 6.20 Å². The molecule has 5 heteroatoms. The third kappa shape index (κ3) is 1.92. The maximum atomic E-state index is 11.7. The van der Waals surface area contributed by atoms with E-state index in [0.29, 0.717) is 0 Å². The Morgan fingerprint density at radius 2 is 2.64 bits per heavy atom. The molecule has 1 aliphatic rings. The second-order valence-corrected chi connectivity index (χ2v) is 4.63. The molecule has 1 aromatic heterocycles. The number of thioether (sulfide) groups is 1. The van der Waals surface area contributed by atoms with Crippen LogP contribution in [0.1, 0.15) is 12.0 Å². The molecule has 1 aromatic rings. The van der Waals surface area contributed by atoms with Gasteiger partial charge in [-0.2, -0.15) is 16.9 Å². The van der Waals surface area contributed by atoms with Crippen molar-refractivity contribution in [2.75, 3.05) is 16.8 Å². The number of aryl methyl sites for hydroxylation is 1. The number of hydrogen-bond acceptors (Lipinski definition) is 3. The predicted molar refractivity (Wildman–Crippen MR) is 57.4 cm³/mol. The van der Waals surface area contributed by atoms with Gasteiger partial charge in [0.1, 0.15) is 5.82 Å². The predicted octanol–water partition coefficient (Wildman–Crippen LogP) is 1.41. The van der Waals surface area contributed by atoms with Crippen LogP contribution in [0.3, 0.4) is 0 Å². The van der Waals surface area contributed by atoms with Crippen molar-refractivity contribution in [3.8, 4) is 0 Å². The molecule has 1 aliphatic heterocycles. The topological polar surface area (TPSA) is 57.8 Å². The van der Waals surface area contributed by atoms with Gasteiger partial charge in [0.2, 0.25) is 5.91 Å². The smallest absolute Gasteiger partial charge is 0.229 e. The number of anilines is 1. The van der Waals surface area contributed by atoms with Gasteiger partial charge in [-0.25, -0.2) is 0 Å². The zero-order valence-electron chi connectivity index (χ0n) is 8.04. The van der Waals surface area contributed by atoms with Crippen molar-refractivity contribution in [2.24, 2.45) is 5.92 Å². The van der Waals surface area contributed by atoms with E-state index in [9.17, 15) is 4.79 Å². The van der Waals surface area contributed by atoms with Gasteiger partial charge in [0, 0.05) is 17.2 Å². The Hall–Kier alpha value is -0.970. The zero-order chi connectivity index (χ0) is 9.97. The van der Waals surface area contributed by atoms with Crippen LogP contribution in [0.5, 0.6) is 0 Å². The van der Waals surface area contributed by atoms with Gasteiger partial charge in [-0.3, -0.25) is 9.89 Å². The summed E-state index contributed by atoms with van der Waals surface area (Å²) in [6.45, 7) is 1.92. The van der Waals surface area contributed by atoms with Crippen molar-refractivity contribution in [2.45, 2.75) is 13.3 Å². The molecule has 2 rings (SSSR count). The highest BCUT2D eigenvalue weighted by Crippen LogP contribution is 2.24. The molecule has 0 radical (unpaired) electrons. The number of carbonyl (C=O) groups is 1. The van der Waals surface area contributed by atoms with Crippen molar-refractivity contribution in [1.29, 1.82) is 0 Å². The number of carbonyl (C=O) groups excluding carboxylic acids is 1. The first-order valence-corrected chi connectivity index (χ1v) is 5.81. The largest absolute Gasteiger partial charge is 0.311 e. The number of amides is 1. The van der Waals surface area contributed by atoms with E-state index in [2.05, 4.69) is 15.5 Å². The fraction of sp³-hybridized carbons (Fsp3) is 0.556. The summed E-state index contributed by atoms with van der Waals surface area (Å²) < 4.78 is 0. The molecule has 1 unspecified atom stereocenters. The van der Waals surface area contributed by atoms with E-state index in [1.807, 2.05) is 18.7 Å². The molecule has 1 amide bonds. The average molecular weight is 211 g/mol. The van der Waals surface area contributed by atoms with Crippen LogP contribution in [-0.2, 0) is 4.79 Å². The van der Waals surface area contributed by atoms with Crippen molar-refractivity contribution in [3.05, 3.63) is 11.8 Å². The summed E-state index contributed by atoms with van der Waals surface area (Å²) in [6.07, 6.45) is 2.70. The maximum absolute atomic E-state index is 11.7. The Bertz CT molecular complexity index is 331. The molecule has 0 aliphatic carbocycles. The molecule has 14 heavy (non-hydrogen) atoms. The summed E-state index contributed by atoms with van der Waals surface area (Å²) in [5.41, 5.74) is 0.976. The lowest BCUT2D eigenvalue weighted by molar-refractivity contribution is -0.119. The molecule has 2 N–H and O–H groups in total. The highest BCUT2D eigenvalue weighted by molar-refractivity contribution is 7.99. The lowest BCUT2D eigenvalue weighted by Gasteiger charge is -2.08. The Labute approximate surface area is 86.8 Å². The number of rotatable bonds is 2. The molecule has 4 nitrogen and oxygen atoms in total. The summed E-state index contributed by atoms with van der Waals surface area (Å²) in [5, 5.41) is 9.49. The van der Waals surface area contributed by atoms with Crippen molar-refractivity contribution in [3.63, 3.8) is 0 Å². The molecule has 0 bridgehead atoms. The van der Waals surface area contributed by atoms with E-state index in [4.69, 9.17) is 0 Å². The van der Waals surface area contributed by atoms with Crippen LogP contribution in [0.2, 0.25) is 0 Å². The molecule has 0 saturated carbocycles. The first kappa shape index (κ1) is 9.58. The molecule has 1 saturated heterocycles. The molecule has 2 heterocycles. The summed E-state index contributed by atoms with van der Waals surface area (Å²) in [4.78, 5) is 11.7. The second kappa shape index (κ2) is 4.04. The van der Waals surface area contributed by atoms with Crippen LogP contribution < -0.4 is 5.32 Å². The zero-order valence-corrected chi connectivity index (χ0v) is 8.86. The fourth-order valence-corrected chi connectivity index (χ4v) is 2.66. The quantitative estimate of drug-likeness (QED) is 0.777. The highest BCUT2D eigenvalue weighted by Gasteiger charge is 2.23. The second-order valence-electron chi connectivity index (χ2n) is 3.48. The Balaban J connectivity index is 1.97. The molecule has 76 valence electrons. The summed E-state index contributed by atoms with van der Waals surface area (Å²) >= 11 is 1.84. The van der Waals surface area contributed by atoms with Gasteiger partial charge < -0.3 is 5.32 Å². The molecule has 1 fully saturated rings. The van der Waals surface area contributed by atoms with E-state index < -0.39 is 0 Å². The molecule has 0 spiro atoms. The van der Waals surface area contributed by atoms with Gasteiger partial charge >= 0.3 is 0 Å². The standard InChI is InChI=1S/C9H13N3OS/c1-6-4-10-12-8(6)11-9(13)7-2-3-14-5-7/h4,7H,2-3,5H2,1H3,(H2,10,11,12,13). The van der Waals surface area contributed by atoms with Crippen molar-refractivity contribution in [1.82, 2.24) is 10.2 Å². The van der Waals surface area contributed by atoms with E-state index in [1.165, 1.54) is 0 Å². The van der Waals surface area contributed by atoms with Crippen LogP contribution in [0.4, 0.5) is 5.82 Å². The minimum atomic E-state index is 0.113.